The molecule has 0 amide bonds. The molecule has 0 heterocycles. The van der Waals surface area contributed by atoms with E-state index >= 15 is 0 Å². The van der Waals surface area contributed by atoms with E-state index in [-0.39, 0.29) is 6.61 Å². The van der Waals surface area contributed by atoms with E-state index in [2.05, 4.69) is 22.5 Å². The van der Waals surface area contributed by atoms with E-state index in [1.54, 1.807) is 0 Å². The SMILES string of the molecule is C=C(C)/C=C(Br)\C(=C/C)CO. The van der Waals surface area contributed by atoms with Crippen molar-refractivity contribution in [2.45, 2.75) is 13.8 Å². The van der Waals surface area contributed by atoms with Gasteiger partial charge in [0.05, 0.1) is 6.61 Å². The lowest BCUT2D eigenvalue weighted by Gasteiger charge is -2.00. The first-order valence-electron chi connectivity index (χ1n) is 3.41. The zero-order chi connectivity index (χ0) is 8.85. The average molecular weight is 217 g/mol. The summed E-state index contributed by atoms with van der Waals surface area (Å²) < 4.78 is 0.898. The molecule has 0 saturated heterocycles. The molecule has 0 aromatic rings. The molecule has 0 aliphatic carbocycles. The lowest BCUT2D eigenvalue weighted by Crippen LogP contribution is -1.89. The Morgan fingerprint density at radius 3 is 2.45 bits per heavy atom. The fourth-order valence-electron chi connectivity index (χ4n) is 0.614. The molecule has 1 nitrogen and oxygen atoms in total. The van der Waals surface area contributed by atoms with Crippen molar-refractivity contribution >= 4 is 15.9 Å². The van der Waals surface area contributed by atoms with E-state index < -0.39 is 0 Å². The van der Waals surface area contributed by atoms with Gasteiger partial charge < -0.3 is 5.11 Å². The molecular weight excluding hydrogens is 204 g/mol. The summed E-state index contributed by atoms with van der Waals surface area (Å²) >= 11 is 3.34. The van der Waals surface area contributed by atoms with Gasteiger partial charge in [-0.2, -0.15) is 0 Å². The summed E-state index contributed by atoms with van der Waals surface area (Å²) in [6.07, 6.45) is 3.75. The first-order chi connectivity index (χ1) is 5.11. The van der Waals surface area contributed by atoms with Crippen LogP contribution in [0.3, 0.4) is 0 Å². The van der Waals surface area contributed by atoms with Gasteiger partial charge in [0.2, 0.25) is 0 Å². The Morgan fingerprint density at radius 1 is 1.64 bits per heavy atom. The maximum absolute atomic E-state index is 8.84. The zero-order valence-corrected chi connectivity index (χ0v) is 8.48. The predicted molar refractivity (Wildman–Crippen MR) is 52.7 cm³/mol. The Balaban J connectivity index is 4.45. The molecule has 0 fully saturated rings. The summed E-state index contributed by atoms with van der Waals surface area (Å²) in [6.45, 7) is 7.58. The minimum absolute atomic E-state index is 0.0564. The first-order valence-corrected chi connectivity index (χ1v) is 4.20. The third-order valence-electron chi connectivity index (χ3n) is 1.20. The summed E-state index contributed by atoms with van der Waals surface area (Å²) in [6, 6.07) is 0. The molecule has 0 atom stereocenters. The molecule has 62 valence electrons. The third-order valence-corrected chi connectivity index (χ3v) is 1.94. The van der Waals surface area contributed by atoms with E-state index in [9.17, 15) is 0 Å². The molecule has 0 aliphatic rings. The van der Waals surface area contributed by atoms with Crippen LogP contribution in [0, 0.1) is 0 Å². The molecule has 11 heavy (non-hydrogen) atoms. The van der Waals surface area contributed by atoms with Crippen LogP contribution in [0.25, 0.3) is 0 Å². The highest BCUT2D eigenvalue weighted by molar-refractivity contribution is 9.12. The molecule has 0 radical (unpaired) electrons. The second kappa shape index (κ2) is 5.33. The highest BCUT2D eigenvalue weighted by Crippen LogP contribution is 2.17. The van der Waals surface area contributed by atoms with Crippen LogP contribution in [0.2, 0.25) is 0 Å². The van der Waals surface area contributed by atoms with Gasteiger partial charge in [-0.25, -0.2) is 0 Å². The van der Waals surface area contributed by atoms with Gasteiger partial charge in [-0.15, -0.1) is 0 Å². The fraction of sp³-hybridized carbons (Fsp3) is 0.333. The zero-order valence-electron chi connectivity index (χ0n) is 6.89. The van der Waals surface area contributed by atoms with Crippen LogP contribution >= 0.6 is 15.9 Å². The van der Waals surface area contributed by atoms with Gasteiger partial charge in [0.1, 0.15) is 0 Å². The number of aliphatic hydroxyl groups is 1. The van der Waals surface area contributed by atoms with Crippen LogP contribution in [-0.4, -0.2) is 11.7 Å². The van der Waals surface area contributed by atoms with Crippen molar-refractivity contribution in [1.82, 2.24) is 0 Å². The summed E-state index contributed by atoms with van der Waals surface area (Å²) in [5.74, 6) is 0. The van der Waals surface area contributed by atoms with Gasteiger partial charge in [-0.1, -0.05) is 34.2 Å². The van der Waals surface area contributed by atoms with Crippen molar-refractivity contribution in [3.8, 4) is 0 Å². The largest absolute Gasteiger partial charge is 0.392 e. The summed E-state index contributed by atoms with van der Waals surface area (Å²) in [7, 11) is 0. The molecule has 2 heteroatoms. The summed E-state index contributed by atoms with van der Waals surface area (Å²) in [5.41, 5.74) is 1.85. The number of rotatable bonds is 3. The minimum Gasteiger partial charge on any atom is -0.392 e. The quantitative estimate of drug-likeness (QED) is 0.720. The second-order valence-electron chi connectivity index (χ2n) is 2.31. The summed E-state index contributed by atoms with van der Waals surface area (Å²) in [4.78, 5) is 0. The van der Waals surface area contributed by atoms with E-state index in [1.165, 1.54) is 0 Å². The number of halogens is 1. The van der Waals surface area contributed by atoms with E-state index in [0.29, 0.717) is 0 Å². The van der Waals surface area contributed by atoms with Crippen molar-refractivity contribution < 1.29 is 5.11 Å². The number of aliphatic hydroxyl groups excluding tert-OH is 1. The van der Waals surface area contributed by atoms with Gasteiger partial charge in [0.25, 0.3) is 0 Å². The monoisotopic (exact) mass is 216 g/mol. The van der Waals surface area contributed by atoms with Crippen molar-refractivity contribution in [3.05, 3.63) is 34.4 Å². The van der Waals surface area contributed by atoms with Crippen LogP contribution in [0.5, 0.6) is 0 Å². The van der Waals surface area contributed by atoms with E-state index in [0.717, 1.165) is 15.6 Å². The number of hydrogen-bond acceptors (Lipinski definition) is 1. The first kappa shape index (κ1) is 10.7. The number of hydrogen-bond donors (Lipinski definition) is 1. The topological polar surface area (TPSA) is 20.2 Å². The molecule has 0 aromatic carbocycles. The summed E-state index contributed by atoms with van der Waals surface area (Å²) in [5, 5.41) is 8.84. The van der Waals surface area contributed by atoms with Crippen LogP contribution in [0.15, 0.2) is 34.4 Å². The van der Waals surface area contributed by atoms with Crippen LogP contribution < -0.4 is 0 Å². The molecule has 0 unspecified atom stereocenters. The van der Waals surface area contributed by atoms with E-state index in [4.69, 9.17) is 5.11 Å². The Morgan fingerprint density at radius 2 is 2.18 bits per heavy atom. The Labute approximate surface area is 76.3 Å². The Hall–Kier alpha value is -0.340. The highest BCUT2D eigenvalue weighted by Gasteiger charge is 1.97. The molecular formula is C9H13BrO. The van der Waals surface area contributed by atoms with Crippen LogP contribution in [-0.2, 0) is 0 Å². The normalized spacial score (nSPS) is 13.5. The molecule has 0 aromatic heterocycles. The van der Waals surface area contributed by atoms with Crippen LogP contribution in [0.4, 0.5) is 0 Å². The lowest BCUT2D eigenvalue weighted by atomic mass is 10.2. The lowest BCUT2D eigenvalue weighted by molar-refractivity contribution is 0.334. The maximum atomic E-state index is 8.84. The second-order valence-corrected chi connectivity index (χ2v) is 3.16. The van der Waals surface area contributed by atoms with Crippen molar-refractivity contribution in [2.24, 2.45) is 0 Å². The molecule has 0 bridgehead atoms. The minimum atomic E-state index is 0.0564. The van der Waals surface area contributed by atoms with Gasteiger partial charge in [0, 0.05) is 4.48 Å². The van der Waals surface area contributed by atoms with Crippen molar-refractivity contribution in [1.29, 1.82) is 0 Å². The van der Waals surface area contributed by atoms with Gasteiger partial charge in [-0.3, -0.25) is 0 Å². The third kappa shape index (κ3) is 4.17. The maximum Gasteiger partial charge on any atom is 0.0689 e. The molecule has 0 aliphatic heterocycles. The van der Waals surface area contributed by atoms with Crippen LogP contribution in [0.1, 0.15) is 13.8 Å². The smallest absolute Gasteiger partial charge is 0.0689 e. The molecule has 1 N–H and O–H groups in total. The van der Waals surface area contributed by atoms with Gasteiger partial charge >= 0.3 is 0 Å². The van der Waals surface area contributed by atoms with Gasteiger partial charge in [0.15, 0.2) is 0 Å². The predicted octanol–water partition coefficient (Wildman–Crippen LogP) is 2.78. The highest BCUT2D eigenvalue weighted by atomic mass is 79.9. The fourth-order valence-corrected chi connectivity index (χ4v) is 1.36. The van der Waals surface area contributed by atoms with Crippen molar-refractivity contribution in [3.63, 3.8) is 0 Å². The van der Waals surface area contributed by atoms with Gasteiger partial charge in [-0.05, 0) is 25.5 Å². The Bertz CT molecular complexity index is 202. The van der Waals surface area contributed by atoms with Crippen molar-refractivity contribution in [2.75, 3.05) is 6.61 Å². The number of allylic oxidation sites excluding steroid dienone is 3. The molecule has 0 spiro atoms. The molecule has 0 rings (SSSR count). The standard InChI is InChI=1S/C9H13BrO/c1-4-8(6-11)9(10)5-7(2)3/h4-5,11H,2,6H2,1,3H3/b8-4-,9-5+. The van der Waals surface area contributed by atoms with E-state index in [1.807, 2.05) is 26.0 Å². The average Bonchev–Trinajstić information content (AvgIpc) is 1.88. The Kier molecular flexibility index (Phi) is 5.16. The molecule has 0 saturated carbocycles.